The van der Waals surface area contributed by atoms with Crippen LogP contribution in [0.3, 0.4) is 0 Å². The van der Waals surface area contributed by atoms with Gasteiger partial charge in [-0.15, -0.1) is 11.3 Å². The molecule has 3 heterocycles. The molecular weight excluding hydrogens is 274 g/mol. The third kappa shape index (κ3) is 2.58. The fraction of sp³-hybridized carbons (Fsp3) is 0.571. The van der Waals surface area contributed by atoms with Gasteiger partial charge in [-0.3, -0.25) is 0 Å². The lowest BCUT2D eigenvalue weighted by Gasteiger charge is -2.33. The molecule has 1 aliphatic rings. The Bertz CT molecular complexity index is 567. The average molecular weight is 293 g/mol. The highest BCUT2D eigenvalue weighted by atomic mass is 32.2. The third-order valence-electron chi connectivity index (χ3n) is 3.56. The fourth-order valence-electron chi connectivity index (χ4n) is 2.44. The van der Waals surface area contributed by atoms with Crippen LogP contribution in [0, 0.1) is 0 Å². The molecule has 0 amide bonds. The Hall–Kier alpha value is -0.810. The van der Waals surface area contributed by atoms with Crippen molar-refractivity contribution in [3.05, 3.63) is 17.3 Å². The maximum absolute atomic E-state index is 4.80. The third-order valence-corrected chi connectivity index (χ3v) is 5.74. The molecule has 0 N–H and O–H groups in total. The predicted molar refractivity (Wildman–Crippen MR) is 85.5 cm³/mol. The predicted octanol–water partition coefficient (Wildman–Crippen LogP) is 3.59. The lowest BCUT2D eigenvalue weighted by molar-refractivity contribution is 0.719. The van der Waals surface area contributed by atoms with Crippen molar-refractivity contribution in [1.29, 1.82) is 0 Å². The fourth-order valence-corrected chi connectivity index (χ4v) is 4.40. The summed E-state index contributed by atoms with van der Waals surface area (Å²) >= 11 is 3.82. The molecule has 1 atom stereocenters. The van der Waals surface area contributed by atoms with Crippen molar-refractivity contribution in [1.82, 2.24) is 9.97 Å². The van der Waals surface area contributed by atoms with E-state index in [1.807, 2.05) is 0 Å². The first kappa shape index (κ1) is 13.2. The highest BCUT2D eigenvalue weighted by molar-refractivity contribution is 8.00. The molecule has 5 heteroatoms. The Morgan fingerprint density at radius 1 is 1.37 bits per heavy atom. The number of thioether (sulfide) groups is 1. The second kappa shape index (κ2) is 5.67. The van der Waals surface area contributed by atoms with E-state index in [-0.39, 0.29) is 0 Å². The van der Waals surface area contributed by atoms with Gasteiger partial charge >= 0.3 is 0 Å². The summed E-state index contributed by atoms with van der Waals surface area (Å²) in [6.45, 7) is 6.62. The Morgan fingerprint density at radius 3 is 3.05 bits per heavy atom. The van der Waals surface area contributed by atoms with E-state index in [1.165, 1.54) is 17.6 Å². The van der Waals surface area contributed by atoms with Crippen LogP contribution in [0.25, 0.3) is 10.2 Å². The Labute approximate surface area is 122 Å². The number of aromatic nitrogens is 2. The van der Waals surface area contributed by atoms with Crippen LogP contribution in [0.15, 0.2) is 11.4 Å². The van der Waals surface area contributed by atoms with Crippen molar-refractivity contribution in [3.63, 3.8) is 0 Å². The number of aryl methyl sites for hydroxylation is 1. The number of nitrogens with zero attached hydrogens (tertiary/aromatic N) is 3. The minimum atomic E-state index is 0.738. The van der Waals surface area contributed by atoms with E-state index >= 15 is 0 Å². The van der Waals surface area contributed by atoms with E-state index in [0.29, 0.717) is 0 Å². The molecule has 2 aromatic heterocycles. The van der Waals surface area contributed by atoms with Crippen LogP contribution in [0.4, 0.5) is 5.82 Å². The molecule has 1 unspecified atom stereocenters. The molecular formula is C14H19N3S2. The van der Waals surface area contributed by atoms with Crippen molar-refractivity contribution in [2.75, 3.05) is 23.7 Å². The number of fused-ring (bicyclic) bond motifs is 1. The molecule has 0 aromatic carbocycles. The van der Waals surface area contributed by atoms with E-state index < -0.39 is 0 Å². The summed E-state index contributed by atoms with van der Waals surface area (Å²) in [7, 11) is 0. The Morgan fingerprint density at radius 2 is 2.26 bits per heavy atom. The summed E-state index contributed by atoms with van der Waals surface area (Å²) < 4.78 is 0. The van der Waals surface area contributed by atoms with E-state index in [4.69, 9.17) is 4.98 Å². The summed E-state index contributed by atoms with van der Waals surface area (Å²) in [5.41, 5.74) is 0. The molecule has 2 aromatic rings. The van der Waals surface area contributed by atoms with Crippen molar-refractivity contribution in [3.8, 4) is 0 Å². The lowest BCUT2D eigenvalue weighted by atomic mass is 10.2. The van der Waals surface area contributed by atoms with Crippen LogP contribution >= 0.6 is 23.1 Å². The first-order valence-corrected chi connectivity index (χ1v) is 8.85. The van der Waals surface area contributed by atoms with Gasteiger partial charge in [-0.2, -0.15) is 11.8 Å². The van der Waals surface area contributed by atoms with Gasteiger partial charge < -0.3 is 4.90 Å². The summed E-state index contributed by atoms with van der Waals surface area (Å²) in [5, 5.41) is 4.09. The van der Waals surface area contributed by atoms with Crippen LogP contribution < -0.4 is 4.90 Å². The van der Waals surface area contributed by atoms with Crippen molar-refractivity contribution in [2.24, 2.45) is 0 Å². The molecule has 0 spiro atoms. The van der Waals surface area contributed by atoms with Crippen molar-refractivity contribution < 1.29 is 0 Å². The highest BCUT2D eigenvalue weighted by Crippen LogP contribution is 2.31. The molecule has 19 heavy (non-hydrogen) atoms. The van der Waals surface area contributed by atoms with Gasteiger partial charge in [0, 0.05) is 30.5 Å². The Kier molecular flexibility index (Phi) is 3.93. The number of thiophene rings is 1. The largest absolute Gasteiger partial charge is 0.354 e. The first-order valence-electron chi connectivity index (χ1n) is 6.92. The summed E-state index contributed by atoms with van der Waals surface area (Å²) in [4.78, 5) is 13.0. The molecule has 1 fully saturated rings. The van der Waals surface area contributed by atoms with Gasteiger partial charge in [0.25, 0.3) is 0 Å². The van der Waals surface area contributed by atoms with Crippen LogP contribution in [-0.4, -0.2) is 34.1 Å². The number of hydrogen-bond donors (Lipinski definition) is 0. The number of rotatable bonds is 3. The van der Waals surface area contributed by atoms with E-state index in [1.54, 1.807) is 11.3 Å². The molecule has 0 aliphatic carbocycles. The second-order valence-electron chi connectivity index (χ2n) is 4.80. The zero-order chi connectivity index (χ0) is 13.2. The number of anilines is 1. The highest BCUT2D eigenvalue weighted by Gasteiger charge is 2.22. The zero-order valence-corrected chi connectivity index (χ0v) is 13.1. The maximum atomic E-state index is 4.80. The smallest absolute Gasteiger partial charge is 0.141 e. The lowest BCUT2D eigenvalue weighted by Crippen LogP contribution is -2.38. The second-order valence-corrected chi connectivity index (χ2v) is 7.11. The summed E-state index contributed by atoms with van der Waals surface area (Å²) in [6.07, 6.45) is 2.14. The van der Waals surface area contributed by atoms with E-state index in [2.05, 4.69) is 46.9 Å². The Balaban J connectivity index is 2.00. The summed E-state index contributed by atoms with van der Waals surface area (Å²) in [6, 6.07) is 2.16. The average Bonchev–Trinajstić information content (AvgIpc) is 2.94. The van der Waals surface area contributed by atoms with Crippen LogP contribution in [-0.2, 0) is 6.42 Å². The number of hydrogen-bond acceptors (Lipinski definition) is 5. The standard InChI is InChI=1S/C14H19N3S2/c1-3-10-9-17(6-8-18-10)13-11-5-7-19-14(11)16-12(4-2)15-13/h5,7,10H,3-4,6,8-9H2,1-2H3. The molecule has 1 saturated heterocycles. The van der Waals surface area contributed by atoms with Crippen LogP contribution in [0.1, 0.15) is 26.1 Å². The van der Waals surface area contributed by atoms with Crippen LogP contribution in [0.2, 0.25) is 0 Å². The quantitative estimate of drug-likeness (QED) is 0.865. The molecule has 0 bridgehead atoms. The first-order chi connectivity index (χ1) is 9.31. The molecule has 102 valence electrons. The molecule has 1 aliphatic heterocycles. The minimum absolute atomic E-state index is 0.738. The summed E-state index contributed by atoms with van der Waals surface area (Å²) in [5.74, 6) is 3.33. The van der Waals surface area contributed by atoms with Gasteiger partial charge in [0.05, 0.1) is 5.39 Å². The van der Waals surface area contributed by atoms with E-state index in [9.17, 15) is 0 Å². The van der Waals surface area contributed by atoms with Gasteiger partial charge in [0.15, 0.2) is 0 Å². The van der Waals surface area contributed by atoms with E-state index in [0.717, 1.165) is 41.2 Å². The SMILES string of the molecule is CCc1nc(N2CCSC(CC)C2)c2ccsc2n1. The minimum Gasteiger partial charge on any atom is -0.354 e. The topological polar surface area (TPSA) is 29.0 Å². The molecule has 3 rings (SSSR count). The molecule has 0 radical (unpaired) electrons. The van der Waals surface area contributed by atoms with Crippen molar-refractivity contribution in [2.45, 2.75) is 31.9 Å². The van der Waals surface area contributed by atoms with Gasteiger partial charge in [-0.05, 0) is 17.9 Å². The van der Waals surface area contributed by atoms with Crippen LogP contribution in [0.5, 0.6) is 0 Å². The van der Waals surface area contributed by atoms with Crippen molar-refractivity contribution >= 4 is 39.1 Å². The maximum Gasteiger partial charge on any atom is 0.141 e. The van der Waals surface area contributed by atoms with Gasteiger partial charge in [-0.25, -0.2) is 9.97 Å². The zero-order valence-electron chi connectivity index (χ0n) is 11.4. The molecule has 3 nitrogen and oxygen atoms in total. The monoisotopic (exact) mass is 293 g/mol. The molecule has 0 saturated carbocycles. The van der Waals surface area contributed by atoms with Gasteiger partial charge in [0.2, 0.25) is 0 Å². The normalized spacial score (nSPS) is 20.1. The van der Waals surface area contributed by atoms with Gasteiger partial charge in [0.1, 0.15) is 16.5 Å². The van der Waals surface area contributed by atoms with Gasteiger partial charge in [-0.1, -0.05) is 13.8 Å².